The Labute approximate surface area is 110 Å². The molecule has 2 amide bonds. The van der Waals surface area contributed by atoms with Crippen molar-refractivity contribution in [3.63, 3.8) is 0 Å². The Morgan fingerprint density at radius 2 is 2.24 bits per heavy atom. The van der Waals surface area contributed by atoms with Crippen LogP contribution in [0, 0.1) is 0 Å². The molecule has 4 nitrogen and oxygen atoms in total. The summed E-state index contributed by atoms with van der Waals surface area (Å²) in [4.78, 5) is 16.4. The van der Waals surface area contributed by atoms with Crippen LogP contribution >= 0.6 is 22.9 Å². The first-order chi connectivity index (χ1) is 8.15. The number of halogens is 1. The third kappa shape index (κ3) is 3.59. The summed E-state index contributed by atoms with van der Waals surface area (Å²) in [6.45, 7) is 4.26. The third-order valence-corrected chi connectivity index (χ3v) is 4.17. The summed E-state index contributed by atoms with van der Waals surface area (Å²) < 4.78 is 0. The van der Waals surface area contributed by atoms with E-state index in [1.54, 1.807) is 16.2 Å². The van der Waals surface area contributed by atoms with Gasteiger partial charge in [-0.05, 0) is 12.5 Å². The minimum Gasteiger partial charge on any atom is -0.351 e. The smallest absolute Gasteiger partial charge is 0.314 e. The molecule has 2 rings (SSSR count). The number of nitrogens with two attached hydrogens (primary N) is 1. The number of primary amides is 1. The fourth-order valence-corrected chi connectivity index (χ4v) is 3.12. The number of hydrogen-bond donors (Lipinski definition) is 1. The van der Waals surface area contributed by atoms with Crippen LogP contribution in [-0.2, 0) is 6.54 Å². The number of carbonyl (C=O) groups excluding carboxylic acids is 1. The fraction of sp³-hybridized carbons (Fsp3) is 0.545. The van der Waals surface area contributed by atoms with E-state index in [2.05, 4.69) is 4.90 Å². The second kappa shape index (κ2) is 5.71. The molecule has 1 fully saturated rings. The molecule has 6 heteroatoms. The number of thiophene rings is 1. The Balaban J connectivity index is 1.88. The SMILES string of the molecule is NC(=O)N1CCCN(Cc2cc(Cl)cs2)CC1. The van der Waals surface area contributed by atoms with E-state index in [-0.39, 0.29) is 6.03 Å². The molecule has 1 aromatic heterocycles. The first-order valence-electron chi connectivity index (χ1n) is 5.65. The van der Waals surface area contributed by atoms with E-state index in [0.717, 1.165) is 37.6 Å². The maximum absolute atomic E-state index is 11.1. The van der Waals surface area contributed by atoms with Crippen LogP contribution in [0.2, 0.25) is 5.02 Å². The molecule has 1 aliphatic rings. The maximum atomic E-state index is 11.1. The van der Waals surface area contributed by atoms with Gasteiger partial charge >= 0.3 is 6.03 Å². The van der Waals surface area contributed by atoms with E-state index in [1.165, 1.54) is 4.88 Å². The largest absolute Gasteiger partial charge is 0.351 e. The Morgan fingerprint density at radius 3 is 2.88 bits per heavy atom. The van der Waals surface area contributed by atoms with E-state index < -0.39 is 0 Å². The molecule has 0 aromatic carbocycles. The highest BCUT2D eigenvalue weighted by Crippen LogP contribution is 2.21. The summed E-state index contributed by atoms with van der Waals surface area (Å²) in [5.41, 5.74) is 5.29. The molecule has 0 radical (unpaired) electrons. The molecule has 0 aliphatic carbocycles. The van der Waals surface area contributed by atoms with Crippen molar-refractivity contribution < 1.29 is 4.79 Å². The van der Waals surface area contributed by atoms with Gasteiger partial charge in [0.05, 0.1) is 5.02 Å². The zero-order valence-corrected chi connectivity index (χ0v) is 11.1. The van der Waals surface area contributed by atoms with Crippen molar-refractivity contribution >= 4 is 29.0 Å². The van der Waals surface area contributed by atoms with Gasteiger partial charge in [-0.1, -0.05) is 11.6 Å². The van der Waals surface area contributed by atoms with Gasteiger partial charge in [0.2, 0.25) is 0 Å². The molecule has 2 N–H and O–H groups in total. The Morgan fingerprint density at radius 1 is 1.41 bits per heavy atom. The highest BCUT2D eigenvalue weighted by atomic mass is 35.5. The first-order valence-corrected chi connectivity index (χ1v) is 6.90. The molecule has 0 bridgehead atoms. The standard InChI is InChI=1S/C11H16ClN3OS/c12-9-6-10(17-8-9)7-14-2-1-3-15(5-4-14)11(13)16/h6,8H,1-5,7H2,(H2,13,16). The predicted octanol–water partition coefficient (Wildman–Crippen LogP) is 1.99. The zero-order chi connectivity index (χ0) is 12.3. The van der Waals surface area contributed by atoms with Gasteiger partial charge in [-0.25, -0.2) is 4.79 Å². The molecule has 0 spiro atoms. The average molecular weight is 274 g/mol. The Bertz CT molecular complexity index is 396. The number of carbonyl (C=O) groups is 1. The summed E-state index contributed by atoms with van der Waals surface area (Å²) in [5.74, 6) is 0. The highest BCUT2D eigenvalue weighted by Gasteiger charge is 2.17. The number of urea groups is 1. The van der Waals surface area contributed by atoms with Crippen molar-refractivity contribution in [2.75, 3.05) is 26.2 Å². The van der Waals surface area contributed by atoms with Gasteiger partial charge in [-0.15, -0.1) is 11.3 Å². The maximum Gasteiger partial charge on any atom is 0.314 e. The second-order valence-electron chi connectivity index (χ2n) is 4.19. The van der Waals surface area contributed by atoms with E-state index in [1.807, 2.05) is 11.4 Å². The molecule has 1 aromatic rings. The van der Waals surface area contributed by atoms with Gasteiger partial charge in [-0.3, -0.25) is 4.90 Å². The molecule has 0 atom stereocenters. The molecule has 1 aliphatic heterocycles. The first kappa shape index (κ1) is 12.7. The van der Waals surface area contributed by atoms with Crippen molar-refractivity contribution in [3.05, 3.63) is 21.3 Å². The fourth-order valence-electron chi connectivity index (χ4n) is 2.01. The second-order valence-corrected chi connectivity index (χ2v) is 5.62. The minimum atomic E-state index is -0.314. The van der Waals surface area contributed by atoms with Crippen LogP contribution in [0.1, 0.15) is 11.3 Å². The van der Waals surface area contributed by atoms with Crippen molar-refractivity contribution in [2.45, 2.75) is 13.0 Å². The number of amides is 2. The van der Waals surface area contributed by atoms with Crippen molar-refractivity contribution in [3.8, 4) is 0 Å². The molecule has 1 saturated heterocycles. The van der Waals surface area contributed by atoms with Crippen LogP contribution in [0.25, 0.3) is 0 Å². The Hall–Kier alpha value is -0.780. The van der Waals surface area contributed by atoms with Gasteiger partial charge in [-0.2, -0.15) is 0 Å². The normalized spacial score (nSPS) is 18.1. The van der Waals surface area contributed by atoms with Gasteiger partial charge in [0, 0.05) is 43.0 Å². The summed E-state index contributed by atoms with van der Waals surface area (Å²) in [6.07, 6.45) is 0.974. The van der Waals surface area contributed by atoms with Crippen LogP contribution < -0.4 is 5.73 Å². The number of nitrogens with zero attached hydrogens (tertiary/aromatic N) is 2. The molecule has 94 valence electrons. The zero-order valence-electron chi connectivity index (χ0n) is 9.56. The lowest BCUT2D eigenvalue weighted by Crippen LogP contribution is -2.38. The molecule has 2 heterocycles. The Kier molecular flexibility index (Phi) is 4.25. The van der Waals surface area contributed by atoms with Crippen LogP contribution in [0.15, 0.2) is 11.4 Å². The van der Waals surface area contributed by atoms with E-state index >= 15 is 0 Å². The molecule has 17 heavy (non-hydrogen) atoms. The van der Waals surface area contributed by atoms with Gasteiger partial charge in [0.15, 0.2) is 0 Å². The molecule has 0 unspecified atom stereocenters. The van der Waals surface area contributed by atoms with E-state index in [4.69, 9.17) is 17.3 Å². The van der Waals surface area contributed by atoms with Gasteiger partial charge in [0.25, 0.3) is 0 Å². The lowest BCUT2D eigenvalue weighted by molar-refractivity contribution is 0.207. The third-order valence-electron chi connectivity index (χ3n) is 2.90. The number of hydrogen-bond acceptors (Lipinski definition) is 3. The summed E-state index contributed by atoms with van der Waals surface area (Å²) in [5, 5.41) is 2.75. The van der Waals surface area contributed by atoms with Crippen LogP contribution in [0.4, 0.5) is 4.79 Å². The lowest BCUT2D eigenvalue weighted by atomic mass is 10.3. The minimum absolute atomic E-state index is 0.314. The van der Waals surface area contributed by atoms with Crippen molar-refractivity contribution in [1.29, 1.82) is 0 Å². The van der Waals surface area contributed by atoms with Crippen molar-refractivity contribution in [1.82, 2.24) is 9.80 Å². The quantitative estimate of drug-likeness (QED) is 0.896. The van der Waals surface area contributed by atoms with Crippen LogP contribution in [0.5, 0.6) is 0 Å². The molecular weight excluding hydrogens is 258 g/mol. The average Bonchev–Trinajstić information content (AvgIpc) is 2.54. The van der Waals surface area contributed by atoms with Crippen LogP contribution in [0.3, 0.4) is 0 Å². The van der Waals surface area contributed by atoms with Gasteiger partial charge < -0.3 is 10.6 Å². The summed E-state index contributed by atoms with van der Waals surface area (Å²) >= 11 is 7.58. The molecular formula is C11H16ClN3OS. The highest BCUT2D eigenvalue weighted by molar-refractivity contribution is 7.10. The molecule has 0 saturated carbocycles. The summed E-state index contributed by atoms with van der Waals surface area (Å²) in [6, 6.07) is 1.69. The van der Waals surface area contributed by atoms with E-state index in [0.29, 0.717) is 6.54 Å². The van der Waals surface area contributed by atoms with Crippen LogP contribution in [-0.4, -0.2) is 42.0 Å². The van der Waals surface area contributed by atoms with Crippen molar-refractivity contribution in [2.24, 2.45) is 5.73 Å². The summed E-state index contributed by atoms with van der Waals surface area (Å²) in [7, 11) is 0. The number of rotatable bonds is 2. The predicted molar refractivity (Wildman–Crippen MR) is 70.4 cm³/mol. The van der Waals surface area contributed by atoms with Gasteiger partial charge in [0.1, 0.15) is 0 Å². The lowest BCUT2D eigenvalue weighted by Gasteiger charge is -2.19. The van der Waals surface area contributed by atoms with E-state index in [9.17, 15) is 4.79 Å². The topological polar surface area (TPSA) is 49.6 Å². The monoisotopic (exact) mass is 273 g/mol.